The predicted octanol–water partition coefficient (Wildman–Crippen LogP) is 1.97. The number of methoxy groups -OCH3 is 1. The van der Waals surface area contributed by atoms with Crippen LogP contribution in [-0.2, 0) is 9.47 Å². The summed E-state index contributed by atoms with van der Waals surface area (Å²) >= 11 is 1.24. The summed E-state index contributed by atoms with van der Waals surface area (Å²) in [5.41, 5.74) is 0. The van der Waals surface area contributed by atoms with Crippen molar-refractivity contribution in [1.29, 1.82) is 0 Å². The molecule has 1 aromatic carbocycles. The molecule has 2 heterocycles. The number of hydrogen-bond donors (Lipinski definition) is 1. The van der Waals surface area contributed by atoms with Gasteiger partial charge in [0.15, 0.2) is 5.82 Å². The Bertz CT molecular complexity index is 627. The summed E-state index contributed by atoms with van der Waals surface area (Å²) in [5.74, 6) is 0.757. The van der Waals surface area contributed by atoms with Crippen LogP contribution in [0.2, 0.25) is 0 Å². The van der Waals surface area contributed by atoms with E-state index in [-0.39, 0.29) is 11.9 Å². The van der Waals surface area contributed by atoms with Gasteiger partial charge in [0.1, 0.15) is 11.9 Å². The van der Waals surface area contributed by atoms with Crippen LogP contribution >= 0.6 is 11.5 Å². The zero-order chi connectivity index (χ0) is 13.4. The molecule has 1 fully saturated rings. The lowest BCUT2D eigenvalue weighted by Crippen LogP contribution is -2.26. The highest BCUT2D eigenvalue weighted by atomic mass is 32.1. The Balaban J connectivity index is 1.94. The minimum absolute atomic E-state index is 0.184. The molecule has 0 spiro atoms. The van der Waals surface area contributed by atoms with E-state index in [0.29, 0.717) is 19.0 Å². The third kappa shape index (κ3) is 2.11. The molecule has 19 heavy (non-hydrogen) atoms. The van der Waals surface area contributed by atoms with E-state index in [9.17, 15) is 9.90 Å². The second-order valence-corrected chi connectivity index (χ2v) is 5.06. The number of hydrogen-bond acceptors (Lipinski definition) is 6. The van der Waals surface area contributed by atoms with Gasteiger partial charge in [0.25, 0.3) is 0 Å². The third-order valence-electron chi connectivity index (χ3n) is 2.92. The molecule has 0 saturated carbocycles. The van der Waals surface area contributed by atoms with Gasteiger partial charge in [-0.3, -0.25) is 4.90 Å². The summed E-state index contributed by atoms with van der Waals surface area (Å²) in [6.07, 6.45) is -0.686. The number of aromatic nitrogens is 1. The molecule has 100 valence electrons. The number of ether oxygens (including phenoxy) is 2. The molecule has 3 rings (SSSR count). The van der Waals surface area contributed by atoms with E-state index in [2.05, 4.69) is 4.37 Å². The van der Waals surface area contributed by atoms with Crippen LogP contribution in [0.25, 0.3) is 10.1 Å². The number of rotatable bonds is 3. The molecule has 0 bridgehead atoms. The molecule has 1 unspecified atom stereocenters. The molecule has 1 aromatic heterocycles. The fourth-order valence-electron chi connectivity index (χ4n) is 2.07. The third-order valence-corrected chi connectivity index (χ3v) is 3.72. The second-order valence-electron chi connectivity index (χ2n) is 4.26. The molecule has 7 heteroatoms. The van der Waals surface area contributed by atoms with Gasteiger partial charge < -0.3 is 14.6 Å². The molecular weight excluding hydrogens is 268 g/mol. The number of amides is 1. The summed E-state index contributed by atoms with van der Waals surface area (Å²) in [4.78, 5) is 13.3. The van der Waals surface area contributed by atoms with E-state index in [0.717, 1.165) is 10.1 Å². The molecule has 1 amide bonds. The minimum atomic E-state index is -0.415. The minimum Gasteiger partial charge on any atom is -0.508 e. The Hall–Kier alpha value is -1.86. The number of fused-ring (bicyclic) bond motifs is 1. The van der Waals surface area contributed by atoms with Crippen molar-refractivity contribution in [1.82, 2.24) is 4.37 Å². The maximum Gasteiger partial charge on any atom is 0.416 e. The fraction of sp³-hybridized carbons (Fsp3) is 0.333. The van der Waals surface area contributed by atoms with Gasteiger partial charge in [0.2, 0.25) is 0 Å². The number of phenolic OH excluding ortho intramolecular Hbond substituents is 1. The number of cyclic esters (lactones) is 1. The zero-order valence-corrected chi connectivity index (χ0v) is 11.0. The first-order chi connectivity index (χ1) is 9.19. The predicted molar refractivity (Wildman–Crippen MR) is 70.8 cm³/mol. The van der Waals surface area contributed by atoms with Crippen LogP contribution in [-0.4, -0.2) is 41.9 Å². The highest BCUT2D eigenvalue weighted by Crippen LogP contribution is 2.33. The van der Waals surface area contributed by atoms with Crippen molar-refractivity contribution >= 4 is 33.5 Å². The number of nitrogens with zero attached hydrogens (tertiary/aromatic N) is 2. The zero-order valence-electron chi connectivity index (χ0n) is 10.2. The molecule has 1 atom stereocenters. The maximum atomic E-state index is 11.8. The lowest BCUT2D eigenvalue weighted by Gasteiger charge is -2.09. The first-order valence-corrected chi connectivity index (χ1v) is 6.52. The van der Waals surface area contributed by atoms with Gasteiger partial charge in [-0.15, -0.1) is 0 Å². The van der Waals surface area contributed by atoms with Gasteiger partial charge in [0, 0.05) is 12.5 Å². The second kappa shape index (κ2) is 4.67. The number of aromatic hydroxyl groups is 1. The Morgan fingerprint density at radius 3 is 3.26 bits per heavy atom. The molecule has 0 radical (unpaired) electrons. The lowest BCUT2D eigenvalue weighted by atomic mass is 10.2. The summed E-state index contributed by atoms with van der Waals surface area (Å²) in [7, 11) is 1.57. The van der Waals surface area contributed by atoms with E-state index in [1.165, 1.54) is 16.4 Å². The average molecular weight is 280 g/mol. The van der Waals surface area contributed by atoms with Crippen molar-refractivity contribution in [2.45, 2.75) is 6.10 Å². The van der Waals surface area contributed by atoms with Gasteiger partial charge >= 0.3 is 6.09 Å². The van der Waals surface area contributed by atoms with E-state index in [4.69, 9.17) is 9.47 Å². The molecule has 1 N–H and O–H groups in total. The van der Waals surface area contributed by atoms with Gasteiger partial charge in [-0.1, -0.05) is 0 Å². The fourth-order valence-corrected chi connectivity index (χ4v) is 2.89. The molecule has 1 aliphatic rings. The Kier molecular flexibility index (Phi) is 3.00. The number of benzene rings is 1. The maximum absolute atomic E-state index is 11.8. The molecular formula is C12H12N2O4S. The van der Waals surface area contributed by atoms with E-state index < -0.39 is 6.09 Å². The smallest absolute Gasteiger partial charge is 0.416 e. The number of phenols is 1. The van der Waals surface area contributed by atoms with E-state index >= 15 is 0 Å². The molecule has 0 aliphatic carbocycles. The topological polar surface area (TPSA) is 71.9 Å². The Morgan fingerprint density at radius 1 is 1.63 bits per heavy atom. The largest absolute Gasteiger partial charge is 0.508 e. The number of carbonyl (C=O) groups excluding carboxylic acids is 1. The molecule has 1 saturated heterocycles. The SMILES string of the molecule is COCC1CN(c2nsc3cc(O)ccc23)C(=O)O1. The summed E-state index contributed by atoms with van der Waals surface area (Å²) < 4.78 is 15.3. The van der Waals surface area contributed by atoms with Crippen molar-refractivity contribution < 1.29 is 19.4 Å². The van der Waals surface area contributed by atoms with Crippen LogP contribution in [0.3, 0.4) is 0 Å². The van der Waals surface area contributed by atoms with Crippen LogP contribution in [0.5, 0.6) is 5.75 Å². The Morgan fingerprint density at radius 2 is 2.47 bits per heavy atom. The molecule has 2 aromatic rings. The lowest BCUT2D eigenvalue weighted by molar-refractivity contribution is 0.0718. The highest BCUT2D eigenvalue weighted by molar-refractivity contribution is 7.13. The quantitative estimate of drug-likeness (QED) is 0.930. The normalized spacial score (nSPS) is 19.1. The first kappa shape index (κ1) is 12.2. The number of carbonyl (C=O) groups is 1. The van der Waals surface area contributed by atoms with E-state index in [1.54, 1.807) is 25.3 Å². The highest BCUT2D eigenvalue weighted by Gasteiger charge is 2.34. The standard InChI is InChI=1S/C12H12N2O4S/c1-17-6-8-5-14(12(16)18-8)11-9-3-2-7(15)4-10(9)19-13-11/h2-4,8,15H,5-6H2,1H3. The van der Waals surface area contributed by atoms with Crippen molar-refractivity contribution in [3.05, 3.63) is 18.2 Å². The summed E-state index contributed by atoms with van der Waals surface area (Å²) in [5, 5.41) is 10.3. The van der Waals surface area contributed by atoms with Gasteiger partial charge in [-0.25, -0.2) is 4.79 Å². The first-order valence-electron chi connectivity index (χ1n) is 5.74. The monoisotopic (exact) mass is 280 g/mol. The van der Waals surface area contributed by atoms with Crippen molar-refractivity contribution in [3.8, 4) is 5.75 Å². The van der Waals surface area contributed by atoms with Crippen LogP contribution in [0.4, 0.5) is 10.6 Å². The van der Waals surface area contributed by atoms with Gasteiger partial charge in [-0.2, -0.15) is 4.37 Å². The van der Waals surface area contributed by atoms with Crippen molar-refractivity contribution in [3.63, 3.8) is 0 Å². The van der Waals surface area contributed by atoms with Gasteiger partial charge in [0.05, 0.1) is 17.9 Å². The molecule has 6 nitrogen and oxygen atoms in total. The van der Waals surface area contributed by atoms with Crippen LogP contribution < -0.4 is 4.90 Å². The molecule has 1 aliphatic heterocycles. The van der Waals surface area contributed by atoms with Crippen LogP contribution in [0, 0.1) is 0 Å². The average Bonchev–Trinajstić information content (AvgIpc) is 2.93. The summed E-state index contributed by atoms with van der Waals surface area (Å²) in [6.45, 7) is 0.789. The van der Waals surface area contributed by atoms with E-state index in [1.807, 2.05) is 0 Å². The number of anilines is 1. The van der Waals surface area contributed by atoms with Crippen LogP contribution in [0.15, 0.2) is 18.2 Å². The van der Waals surface area contributed by atoms with Gasteiger partial charge in [-0.05, 0) is 29.7 Å². The van der Waals surface area contributed by atoms with Crippen molar-refractivity contribution in [2.24, 2.45) is 0 Å². The van der Waals surface area contributed by atoms with Crippen molar-refractivity contribution in [2.75, 3.05) is 25.2 Å². The summed E-state index contributed by atoms with van der Waals surface area (Å²) in [6, 6.07) is 4.96. The Labute approximate surface area is 113 Å². The van der Waals surface area contributed by atoms with Crippen LogP contribution in [0.1, 0.15) is 0 Å².